The number of benzene rings is 2. The first-order valence-electron chi connectivity index (χ1n) is 11.8. The molecule has 0 amide bonds. The summed E-state index contributed by atoms with van der Waals surface area (Å²) in [6.07, 6.45) is 9.92. The molecule has 0 fully saturated rings. The summed E-state index contributed by atoms with van der Waals surface area (Å²) in [6.45, 7) is 0. The van der Waals surface area contributed by atoms with E-state index in [1.807, 2.05) is 36.4 Å². The van der Waals surface area contributed by atoms with Crippen LogP contribution in [0.5, 0.6) is 11.5 Å². The van der Waals surface area contributed by atoms with Gasteiger partial charge >= 0.3 is 21.1 Å². The van der Waals surface area contributed by atoms with Gasteiger partial charge in [-0.05, 0) is 46.9 Å². The second kappa shape index (κ2) is 11.1. The van der Waals surface area contributed by atoms with Crippen molar-refractivity contribution in [3.8, 4) is 34.0 Å². The number of methoxy groups -OCH3 is 2. The Labute approximate surface area is 235 Å². The number of pyridine rings is 4. The van der Waals surface area contributed by atoms with Crippen molar-refractivity contribution in [1.82, 2.24) is 19.9 Å². The Kier molecular flexibility index (Phi) is 7.43. The molecule has 6 rings (SSSR count). The average molecular weight is 678 g/mol. The van der Waals surface area contributed by atoms with Crippen molar-refractivity contribution >= 4 is 21.5 Å². The van der Waals surface area contributed by atoms with E-state index in [0.717, 1.165) is 55.4 Å². The number of ether oxygens (including phenoxy) is 2. The first-order valence-corrected chi connectivity index (χ1v) is 11.8. The summed E-state index contributed by atoms with van der Waals surface area (Å²) < 4.78 is 10.7. The van der Waals surface area contributed by atoms with Gasteiger partial charge in [-0.1, -0.05) is 72.8 Å². The molecule has 0 atom stereocenters. The van der Waals surface area contributed by atoms with E-state index >= 15 is 0 Å². The van der Waals surface area contributed by atoms with Crippen LogP contribution in [-0.2, 0) is 27.5 Å². The van der Waals surface area contributed by atoms with Gasteiger partial charge in [0.05, 0.1) is 25.7 Å². The first-order chi connectivity index (χ1) is 18.2. The molecule has 0 radical (unpaired) electrons. The molecule has 38 heavy (non-hydrogen) atoms. The van der Waals surface area contributed by atoms with Gasteiger partial charge in [0.2, 0.25) is 0 Å². The fourth-order valence-corrected chi connectivity index (χ4v) is 4.49. The maximum absolute atomic E-state index is 5.37. The van der Waals surface area contributed by atoms with Crippen LogP contribution >= 0.6 is 0 Å². The molecule has 0 aliphatic rings. The minimum absolute atomic E-state index is 0. The molecule has 7 heteroatoms. The summed E-state index contributed by atoms with van der Waals surface area (Å²) in [5.41, 5.74) is 4.96. The van der Waals surface area contributed by atoms with Crippen LogP contribution in [-0.4, -0.2) is 34.2 Å². The molecule has 0 saturated carbocycles. The van der Waals surface area contributed by atoms with Gasteiger partial charge in [0, 0.05) is 28.6 Å². The maximum Gasteiger partial charge on any atom is 2.00 e. The fourth-order valence-electron chi connectivity index (χ4n) is 4.49. The van der Waals surface area contributed by atoms with Gasteiger partial charge in [-0.15, -0.1) is 11.1 Å². The second-order valence-electron chi connectivity index (χ2n) is 8.60. The monoisotopic (exact) mass is 677 g/mol. The Morgan fingerprint density at radius 3 is 1.53 bits per heavy atom. The standard InChI is InChI=1S/C31H22N4O2.Pt/c1-36-24-11-22(16-32-18-24)28-13-20-7-3-5-9-26(20)30(34-28)15-31-27-10-6-4-8-21(27)14-29(35-31)23-12-25(37-2)19-33-17-23;/h3-14,18-19H,15H2,1-2H3;/q-2;+2. The summed E-state index contributed by atoms with van der Waals surface area (Å²) >= 11 is 0. The Morgan fingerprint density at radius 1 is 0.632 bits per heavy atom. The Bertz CT molecular complexity index is 1630. The third kappa shape index (κ3) is 5.00. The molecule has 4 heterocycles. The predicted molar refractivity (Wildman–Crippen MR) is 144 cm³/mol. The third-order valence-electron chi connectivity index (χ3n) is 6.32. The van der Waals surface area contributed by atoms with Gasteiger partial charge in [0.25, 0.3) is 0 Å². The van der Waals surface area contributed by atoms with E-state index in [0.29, 0.717) is 17.9 Å². The Balaban J connectivity index is 0.00000294. The zero-order chi connectivity index (χ0) is 25.2. The molecule has 0 saturated heterocycles. The largest absolute Gasteiger partial charge is 2.00 e. The van der Waals surface area contributed by atoms with E-state index in [4.69, 9.17) is 19.4 Å². The fraction of sp³-hybridized carbons (Fsp3) is 0.0968. The van der Waals surface area contributed by atoms with Crippen molar-refractivity contribution < 1.29 is 30.5 Å². The summed E-state index contributed by atoms with van der Waals surface area (Å²) in [4.78, 5) is 18.6. The van der Waals surface area contributed by atoms with Gasteiger partial charge < -0.3 is 29.4 Å². The predicted octanol–water partition coefficient (Wildman–Crippen LogP) is 6.11. The summed E-state index contributed by atoms with van der Waals surface area (Å²) in [6, 6.07) is 24.4. The Morgan fingerprint density at radius 2 is 1.08 bits per heavy atom. The zero-order valence-electron chi connectivity index (χ0n) is 20.7. The van der Waals surface area contributed by atoms with E-state index in [-0.39, 0.29) is 21.1 Å². The topological polar surface area (TPSA) is 70.0 Å². The molecule has 0 bridgehead atoms. The number of hydrogen-bond acceptors (Lipinski definition) is 6. The second-order valence-corrected chi connectivity index (χ2v) is 8.60. The summed E-state index contributed by atoms with van der Waals surface area (Å²) in [7, 11) is 3.25. The molecule has 188 valence electrons. The van der Waals surface area contributed by atoms with E-state index in [9.17, 15) is 0 Å². The number of hydrogen-bond donors (Lipinski definition) is 0. The molecule has 0 spiro atoms. The Hall–Kier alpha value is -4.15. The van der Waals surface area contributed by atoms with Gasteiger partial charge in [-0.2, -0.15) is 0 Å². The van der Waals surface area contributed by atoms with Crippen LogP contribution < -0.4 is 9.47 Å². The minimum Gasteiger partial charge on any atom is -0.515 e. The third-order valence-corrected chi connectivity index (χ3v) is 6.32. The van der Waals surface area contributed by atoms with E-state index < -0.39 is 0 Å². The molecule has 4 aromatic heterocycles. The van der Waals surface area contributed by atoms with Gasteiger partial charge in [-0.25, -0.2) is 0 Å². The van der Waals surface area contributed by atoms with Crippen molar-refractivity contribution in [3.05, 3.63) is 109 Å². The molecule has 6 nitrogen and oxygen atoms in total. The number of rotatable bonds is 6. The van der Waals surface area contributed by atoms with Crippen LogP contribution in [0.4, 0.5) is 0 Å². The minimum atomic E-state index is 0. The first kappa shape index (κ1) is 25.5. The number of nitrogens with zero attached hydrogens (tertiary/aromatic N) is 4. The number of aromatic nitrogens is 4. The van der Waals surface area contributed by atoms with Gasteiger partial charge in [-0.3, -0.25) is 0 Å². The van der Waals surface area contributed by atoms with Crippen LogP contribution in [0.2, 0.25) is 0 Å². The van der Waals surface area contributed by atoms with Crippen LogP contribution in [0.3, 0.4) is 0 Å². The molecule has 0 aliphatic carbocycles. The van der Waals surface area contributed by atoms with Crippen molar-refractivity contribution in [3.63, 3.8) is 0 Å². The average Bonchev–Trinajstić information content (AvgIpc) is 2.97. The molecule has 0 aliphatic heterocycles. The van der Waals surface area contributed by atoms with Crippen molar-refractivity contribution in [1.29, 1.82) is 0 Å². The van der Waals surface area contributed by atoms with E-state index in [1.54, 1.807) is 26.6 Å². The summed E-state index contributed by atoms with van der Waals surface area (Å²) in [5, 5.41) is 4.33. The van der Waals surface area contributed by atoms with E-state index in [1.165, 1.54) is 0 Å². The molecule has 6 aromatic rings. The van der Waals surface area contributed by atoms with Crippen LogP contribution in [0, 0.1) is 12.4 Å². The normalized spacial score (nSPS) is 10.8. The smallest absolute Gasteiger partial charge is 0.515 e. The molecule has 0 unspecified atom stereocenters. The van der Waals surface area contributed by atoms with Crippen molar-refractivity contribution in [2.24, 2.45) is 0 Å². The summed E-state index contributed by atoms with van der Waals surface area (Å²) in [5.74, 6) is 1.32. The SMILES string of the molecule is COc1cn[c-]c(-c2cc3ccccc3c(Cc3nc(-c4[c-]ncc(OC)c4)cc4ccccc34)n2)c1.[Pt+2]. The van der Waals surface area contributed by atoms with E-state index in [2.05, 4.69) is 58.8 Å². The molecule has 2 aromatic carbocycles. The molecular formula is C31H22N4O2Pt. The zero-order valence-corrected chi connectivity index (χ0v) is 23.0. The quantitative estimate of drug-likeness (QED) is 0.198. The van der Waals surface area contributed by atoms with Crippen LogP contribution in [0.15, 0.2) is 85.2 Å². The number of fused-ring (bicyclic) bond motifs is 2. The van der Waals surface area contributed by atoms with Crippen molar-refractivity contribution in [2.45, 2.75) is 6.42 Å². The van der Waals surface area contributed by atoms with Gasteiger partial charge in [0.1, 0.15) is 0 Å². The van der Waals surface area contributed by atoms with Crippen molar-refractivity contribution in [2.75, 3.05) is 14.2 Å². The van der Waals surface area contributed by atoms with Crippen LogP contribution in [0.1, 0.15) is 11.4 Å². The molecule has 0 N–H and O–H groups in total. The van der Waals surface area contributed by atoms with Crippen LogP contribution in [0.25, 0.3) is 44.1 Å². The maximum atomic E-state index is 5.37. The van der Waals surface area contributed by atoms with Gasteiger partial charge in [0.15, 0.2) is 0 Å². The molecular weight excluding hydrogens is 655 g/mol.